The second-order valence-electron chi connectivity index (χ2n) is 5.85. The molecule has 6 heteroatoms. The van der Waals surface area contributed by atoms with E-state index >= 15 is 0 Å². The third kappa shape index (κ3) is 5.38. The van der Waals surface area contributed by atoms with Crippen LogP contribution in [0.2, 0.25) is 0 Å². The number of aryl methyl sites for hydroxylation is 2. The van der Waals surface area contributed by atoms with Gasteiger partial charge >= 0.3 is 6.03 Å². The van der Waals surface area contributed by atoms with Crippen LogP contribution in [0.5, 0.6) is 0 Å². The number of hydrogen-bond acceptors (Lipinski definition) is 3. The monoisotopic (exact) mass is 296 g/mol. The van der Waals surface area contributed by atoms with Crippen LogP contribution in [-0.2, 0) is 13.5 Å². The number of hydrogen-bond donors (Lipinski definition) is 3. The Morgan fingerprint density at radius 3 is 2.57 bits per heavy atom. The van der Waals surface area contributed by atoms with Crippen molar-refractivity contribution in [2.24, 2.45) is 13.0 Å². The van der Waals surface area contributed by atoms with E-state index in [2.05, 4.69) is 15.7 Å². The highest BCUT2D eigenvalue weighted by Gasteiger charge is 2.14. The standard InChI is InChI=1S/C15H28N4O2/c1-10(6-7-20)9-16-15(21)17-11(2)8-14-12(3)18-19(5)13(14)4/h10-11,20H,6-9H2,1-5H3,(H2,16,17,21). The molecule has 0 bridgehead atoms. The van der Waals surface area contributed by atoms with E-state index in [-0.39, 0.29) is 24.6 Å². The van der Waals surface area contributed by atoms with Gasteiger partial charge in [0.1, 0.15) is 0 Å². The lowest BCUT2D eigenvalue weighted by atomic mass is 10.1. The summed E-state index contributed by atoms with van der Waals surface area (Å²) in [6, 6.07) is -0.119. The molecular formula is C15H28N4O2. The van der Waals surface area contributed by atoms with Crippen molar-refractivity contribution < 1.29 is 9.90 Å². The lowest BCUT2D eigenvalue weighted by Crippen LogP contribution is -2.43. The molecule has 21 heavy (non-hydrogen) atoms. The average Bonchev–Trinajstić information content (AvgIpc) is 2.63. The topological polar surface area (TPSA) is 79.2 Å². The van der Waals surface area contributed by atoms with E-state index in [1.165, 1.54) is 5.56 Å². The predicted molar refractivity (Wildman–Crippen MR) is 83.2 cm³/mol. The Morgan fingerprint density at radius 2 is 2.05 bits per heavy atom. The third-order valence-electron chi connectivity index (χ3n) is 3.78. The molecule has 120 valence electrons. The van der Waals surface area contributed by atoms with Crippen LogP contribution in [0, 0.1) is 19.8 Å². The van der Waals surface area contributed by atoms with Crippen molar-refractivity contribution in [3.8, 4) is 0 Å². The number of aliphatic hydroxyl groups excluding tert-OH is 1. The van der Waals surface area contributed by atoms with Crippen molar-refractivity contribution in [2.45, 2.75) is 46.6 Å². The van der Waals surface area contributed by atoms with Gasteiger partial charge in [0.05, 0.1) is 5.69 Å². The maximum Gasteiger partial charge on any atom is 0.315 e. The molecule has 0 fully saturated rings. The van der Waals surface area contributed by atoms with Crippen LogP contribution >= 0.6 is 0 Å². The first-order valence-corrected chi connectivity index (χ1v) is 7.49. The van der Waals surface area contributed by atoms with Gasteiger partial charge in [-0.05, 0) is 45.1 Å². The zero-order valence-corrected chi connectivity index (χ0v) is 13.7. The van der Waals surface area contributed by atoms with Gasteiger partial charge in [-0.1, -0.05) is 6.92 Å². The number of rotatable bonds is 7. The first-order chi connectivity index (χ1) is 9.85. The summed E-state index contributed by atoms with van der Waals surface area (Å²) in [7, 11) is 1.93. The zero-order chi connectivity index (χ0) is 16.0. The van der Waals surface area contributed by atoms with Gasteiger partial charge < -0.3 is 15.7 Å². The first-order valence-electron chi connectivity index (χ1n) is 7.49. The molecule has 0 spiro atoms. The highest BCUT2D eigenvalue weighted by Crippen LogP contribution is 2.14. The van der Waals surface area contributed by atoms with Gasteiger partial charge in [0.15, 0.2) is 0 Å². The van der Waals surface area contributed by atoms with Crippen LogP contribution in [0.1, 0.15) is 37.2 Å². The fourth-order valence-corrected chi connectivity index (χ4v) is 2.33. The lowest BCUT2D eigenvalue weighted by Gasteiger charge is -2.16. The molecule has 0 aliphatic carbocycles. The molecule has 0 aliphatic heterocycles. The Bertz CT molecular complexity index is 470. The molecule has 0 saturated carbocycles. The number of urea groups is 1. The van der Waals surface area contributed by atoms with E-state index in [0.29, 0.717) is 13.0 Å². The number of amides is 2. The smallest absolute Gasteiger partial charge is 0.315 e. The number of aromatic nitrogens is 2. The molecule has 2 atom stereocenters. The van der Waals surface area contributed by atoms with Crippen molar-refractivity contribution in [3.05, 3.63) is 17.0 Å². The molecule has 1 rings (SSSR count). The van der Waals surface area contributed by atoms with E-state index in [4.69, 9.17) is 5.11 Å². The van der Waals surface area contributed by atoms with Crippen LogP contribution < -0.4 is 10.6 Å². The fourth-order valence-electron chi connectivity index (χ4n) is 2.33. The van der Waals surface area contributed by atoms with Crippen LogP contribution in [-0.4, -0.2) is 40.1 Å². The summed E-state index contributed by atoms with van der Waals surface area (Å²) < 4.78 is 1.87. The van der Waals surface area contributed by atoms with Gasteiger partial charge in [-0.3, -0.25) is 4.68 Å². The quantitative estimate of drug-likeness (QED) is 0.709. The molecule has 2 unspecified atom stereocenters. The fraction of sp³-hybridized carbons (Fsp3) is 0.733. The molecule has 1 aromatic rings. The van der Waals surface area contributed by atoms with Crippen molar-refractivity contribution in [1.82, 2.24) is 20.4 Å². The Kier molecular flexibility index (Phi) is 6.68. The largest absolute Gasteiger partial charge is 0.396 e. The summed E-state index contributed by atoms with van der Waals surface area (Å²) in [6.07, 6.45) is 1.47. The zero-order valence-electron chi connectivity index (χ0n) is 13.7. The van der Waals surface area contributed by atoms with Gasteiger partial charge in [-0.2, -0.15) is 5.10 Å². The maximum absolute atomic E-state index is 11.8. The average molecular weight is 296 g/mol. The van der Waals surface area contributed by atoms with Crippen molar-refractivity contribution in [1.29, 1.82) is 0 Å². The molecule has 2 amide bonds. The minimum atomic E-state index is -0.161. The minimum absolute atomic E-state index is 0.0414. The van der Waals surface area contributed by atoms with Crippen molar-refractivity contribution >= 4 is 6.03 Å². The summed E-state index contributed by atoms with van der Waals surface area (Å²) in [4.78, 5) is 11.8. The number of carbonyl (C=O) groups excluding carboxylic acids is 1. The molecule has 0 aliphatic rings. The third-order valence-corrected chi connectivity index (χ3v) is 3.78. The molecular weight excluding hydrogens is 268 g/mol. The highest BCUT2D eigenvalue weighted by atomic mass is 16.3. The number of nitrogens with zero attached hydrogens (tertiary/aromatic N) is 2. The SMILES string of the molecule is Cc1nn(C)c(C)c1CC(C)NC(=O)NCC(C)CCO. The van der Waals surface area contributed by atoms with Gasteiger partial charge in [-0.25, -0.2) is 4.79 Å². The van der Waals surface area contributed by atoms with Gasteiger partial charge in [0.2, 0.25) is 0 Å². The minimum Gasteiger partial charge on any atom is -0.396 e. The Morgan fingerprint density at radius 1 is 1.38 bits per heavy atom. The summed E-state index contributed by atoms with van der Waals surface area (Å²) in [5.74, 6) is 0.277. The second kappa shape index (κ2) is 8.02. The lowest BCUT2D eigenvalue weighted by molar-refractivity contribution is 0.231. The van der Waals surface area contributed by atoms with Crippen LogP contribution in [0.3, 0.4) is 0 Å². The van der Waals surface area contributed by atoms with E-state index in [9.17, 15) is 4.79 Å². The number of aliphatic hydroxyl groups is 1. The Labute approximate surface area is 126 Å². The van der Waals surface area contributed by atoms with E-state index in [1.807, 2.05) is 39.4 Å². The highest BCUT2D eigenvalue weighted by molar-refractivity contribution is 5.74. The molecule has 1 aromatic heterocycles. The van der Waals surface area contributed by atoms with Crippen LogP contribution in [0.4, 0.5) is 4.79 Å². The van der Waals surface area contributed by atoms with Crippen molar-refractivity contribution in [2.75, 3.05) is 13.2 Å². The Balaban J connectivity index is 2.42. The molecule has 0 saturated heterocycles. The molecule has 3 N–H and O–H groups in total. The normalized spacial score (nSPS) is 13.8. The molecule has 6 nitrogen and oxygen atoms in total. The number of nitrogens with one attached hydrogen (secondary N) is 2. The van der Waals surface area contributed by atoms with E-state index in [1.54, 1.807) is 0 Å². The van der Waals surface area contributed by atoms with Gasteiger partial charge in [0.25, 0.3) is 0 Å². The van der Waals surface area contributed by atoms with Crippen molar-refractivity contribution in [3.63, 3.8) is 0 Å². The molecule has 1 heterocycles. The summed E-state index contributed by atoms with van der Waals surface area (Å²) >= 11 is 0. The molecule has 0 radical (unpaired) electrons. The van der Waals surface area contributed by atoms with Gasteiger partial charge in [0, 0.05) is 31.9 Å². The maximum atomic E-state index is 11.8. The first kappa shape index (κ1) is 17.5. The number of carbonyl (C=O) groups is 1. The van der Waals surface area contributed by atoms with Crippen LogP contribution in [0.25, 0.3) is 0 Å². The summed E-state index contributed by atoms with van der Waals surface area (Å²) in [6.45, 7) is 8.75. The summed E-state index contributed by atoms with van der Waals surface area (Å²) in [5, 5.41) is 19.0. The Hall–Kier alpha value is -1.56. The molecule has 0 aromatic carbocycles. The van der Waals surface area contributed by atoms with E-state index < -0.39 is 0 Å². The van der Waals surface area contributed by atoms with Crippen LogP contribution in [0.15, 0.2) is 0 Å². The predicted octanol–water partition coefficient (Wildman–Crippen LogP) is 1.29. The van der Waals surface area contributed by atoms with E-state index in [0.717, 1.165) is 17.8 Å². The second-order valence-corrected chi connectivity index (χ2v) is 5.85. The summed E-state index contributed by atoms with van der Waals surface area (Å²) in [5.41, 5.74) is 3.35. The van der Waals surface area contributed by atoms with Gasteiger partial charge in [-0.15, -0.1) is 0 Å².